The molecule has 0 spiro atoms. The highest BCUT2D eigenvalue weighted by Gasteiger charge is 2.11. The van der Waals surface area contributed by atoms with Gasteiger partial charge in [-0.25, -0.2) is 0 Å². The standard InChI is InChI=1S/C18H21Cl2N3O/c1-11-3-5-13(6-4-11)17(24)10-22-18(21)23-12(2)15-8-7-14(19)9-16(15)20/h3-9,12,17,24H,10H2,1-2H3,(H3,21,22,23). The zero-order chi connectivity index (χ0) is 17.7. The lowest BCUT2D eigenvalue weighted by molar-refractivity contribution is 0.187. The van der Waals surface area contributed by atoms with Gasteiger partial charge in [0.05, 0.1) is 18.7 Å². The number of guanidine groups is 1. The topological polar surface area (TPSA) is 70.6 Å². The molecule has 128 valence electrons. The van der Waals surface area contributed by atoms with Gasteiger partial charge in [0.25, 0.3) is 0 Å². The summed E-state index contributed by atoms with van der Waals surface area (Å²) in [5, 5.41) is 14.4. The lowest BCUT2D eigenvalue weighted by atomic mass is 10.1. The van der Waals surface area contributed by atoms with E-state index in [1.165, 1.54) is 0 Å². The van der Waals surface area contributed by atoms with Crippen molar-refractivity contribution in [2.24, 2.45) is 10.7 Å². The normalized spacial score (nSPS) is 14.3. The third kappa shape index (κ3) is 5.13. The third-order valence-corrected chi connectivity index (χ3v) is 4.25. The zero-order valence-electron chi connectivity index (χ0n) is 13.6. The molecule has 2 aromatic carbocycles. The van der Waals surface area contributed by atoms with Crippen LogP contribution in [0.2, 0.25) is 10.0 Å². The molecular formula is C18H21Cl2N3O. The summed E-state index contributed by atoms with van der Waals surface area (Å²) in [5.41, 5.74) is 8.73. The maximum Gasteiger partial charge on any atom is 0.189 e. The Kier molecular flexibility index (Phi) is 6.49. The Bertz CT molecular complexity index is 717. The molecule has 0 aliphatic heterocycles. The highest BCUT2D eigenvalue weighted by molar-refractivity contribution is 6.35. The molecule has 0 bridgehead atoms. The number of nitrogens with one attached hydrogen (secondary N) is 1. The minimum absolute atomic E-state index is 0.130. The summed E-state index contributed by atoms with van der Waals surface area (Å²) in [5.74, 6) is 0.250. The van der Waals surface area contributed by atoms with Gasteiger partial charge in [0.2, 0.25) is 0 Å². The first-order chi connectivity index (χ1) is 11.4. The minimum Gasteiger partial charge on any atom is -0.386 e. The first-order valence-corrected chi connectivity index (χ1v) is 8.38. The summed E-state index contributed by atoms with van der Waals surface area (Å²) in [6, 6.07) is 12.8. The van der Waals surface area contributed by atoms with Crippen molar-refractivity contribution >= 4 is 29.2 Å². The van der Waals surface area contributed by atoms with Crippen LogP contribution in [0, 0.1) is 6.92 Å². The number of hydrogen-bond acceptors (Lipinski definition) is 2. The second-order valence-corrected chi connectivity index (χ2v) is 6.53. The Labute approximate surface area is 152 Å². The summed E-state index contributed by atoms with van der Waals surface area (Å²) in [4.78, 5) is 4.20. The van der Waals surface area contributed by atoms with Gasteiger partial charge in [-0.1, -0.05) is 59.1 Å². The molecule has 0 radical (unpaired) electrons. The van der Waals surface area contributed by atoms with Crippen LogP contribution in [0.3, 0.4) is 0 Å². The van der Waals surface area contributed by atoms with E-state index in [0.29, 0.717) is 10.0 Å². The molecule has 0 aromatic heterocycles. The lowest BCUT2D eigenvalue weighted by Crippen LogP contribution is -2.34. The summed E-state index contributed by atoms with van der Waals surface area (Å²) < 4.78 is 0. The molecule has 0 amide bonds. The molecule has 0 saturated heterocycles. The van der Waals surface area contributed by atoms with Gasteiger partial charge in [0.1, 0.15) is 0 Å². The van der Waals surface area contributed by atoms with Gasteiger partial charge in [-0.05, 0) is 37.1 Å². The number of rotatable bonds is 5. The van der Waals surface area contributed by atoms with Crippen LogP contribution in [0.15, 0.2) is 47.5 Å². The summed E-state index contributed by atoms with van der Waals surface area (Å²) in [6.45, 7) is 4.11. The van der Waals surface area contributed by atoms with Crippen molar-refractivity contribution < 1.29 is 5.11 Å². The van der Waals surface area contributed by atoms with E-state index in [1.54, 1.807) is 12.1 Å². The van der Waals surface area contributed by atoms with E-state index >= 15 is 0 Å². The maximum absolute atomic E-state index is 10.2. The van der Waals surface area contributed by atoms with E-state index in [1.807, 2.05) is 44.2 Å². The number of benzene rings is 2. The van der Waals surface area contributed by atoms with Gasteiger partial charge < -0.3 is 16.2 Å². The van der Waals surface area contributed by atoms with E-state index < -0.39 is 6.10 Å². The van der Waals surface area contributed by atoms with Crippen molar-refractivity contribution in [3.05, 3.63) is 69.2 Å². The molecule has 0 heterocycles. The molecule has 2 aromatic rings. The molecule has 2 rings (SSSR count). The molecule has 6 heteroatoms. The first kappa shape index (κ1) is 18.6. The molecule has 0 fully saturated rings. The molecular weight excluding hydrogens is 345 g/mol. The molecule has 2 atom stereocenters. The number of aliphatic hydroxyl groups is 1. The largest absolute Gasteiger partial charge is 0.386 e. The van der Waals surface area contributed by atoms with Crippen LogP contribution in [-0.4, -0.2) is 17.6 Å². The number of hydrogen-bond donors (Lipinski definition) is 3. The van der Waals surface area contributed by atoms with Gasteiger partial charge in [-0.15, -0.1) is 0 Å². The van der Waals surface area contributed by atoms with Crippen LogP contribution in [0.4, 0.5) is 0 Å². The Balaban J connectivity index is 1.96. The Morgan fingerprint density at radius 3 is 2.50 bits per heavy atom. The minimum atomic E-state index is -0.694. The quantitative estimate of drug-likeness (QED) is 0.553. The van der Waals surface area contributed by atoms with Gasteiger partial charge in [0.15, 0.2) is 5.96 Å². The number of nitrogens with two attached hydrogens (primary N) is 1. The molecule has 4 N–H and O–H groups in total. The summed E-state index contributed by atoms with van der Waals surface area (Å²) in [6.07, 6.45) is -0.694. The number of nitrogens with zero attached hydrogens (tertiary/aromatic N) is 1. The zero-order valence-corrected chi connectivity index (χ0v) is 15.1. The Morgan fingerprint density at radius 1 is 1.21 bits per heavy atom. The van der Waals surface area contributed by atoms with Crippen molar-refractivity contribution in [1.29, 1.82) is 0 Å². The van der Waals surface area contributed by atoms with Crippen LogP contribution in [-0.2, 0) is 0 Å². The van der Waals surface area contributed by atoms with Crippen molar-refractivity contribution in [1.82, 2.24) is 5.32 Å². The SMILES string of the molecule is Cc1ccc(C(O)CN=C(N)NC(C)c2ccc(Cl)cc2Cl)cc1. The lowest BCUT2D eigenvalue weighted by Gasteiger charge is -2.17. The second-order valence-electron chi connectivity index (χ2n) is 5.68. The van der Waals surface area contributed by atoms with Gasteiger partial charge in [-0.2, -0.15) is 0 Å². The van der Waals surface area contributed by atoms with Crippen LogP contribution in [0.1, 0.15) is 35.8 Å². The smallest absolute Gasteiger partial charge is 0.189 e. The molecule has 24 heavy (non-hydrogen) atoms. The number of aliphatic imine (C=N–C) groups is 1. The fraction of sp³-hybridized carbons (Fsp3) is 0.278. The highest BCUT2D eigenvalue weighted by Crippen LogP contribution is 2.26. The average Bonchev–Trinajstić information content (AvgIpc) is 2.53. The molecule has 0 aliphatic carbocycles. The number of halogens is 2. The van der Waals surface area contributed by atoms with E-state index in [-0.39, 0.29) is 18.5 Å². The predicted octanol–water partition coefficient (Wildman–Crippen LogP) is 4.00. The fourth-order valence-electron chi connectivity index (χ4n) is 2.28. The van der Waals surface area contributed by atoms with Gasteiger partial charge >= 0.3 is 0 Å². The fourth-order valence-corrected chi connectivity index (χ4v) is 2.85. The Hall–Kier alpha value is -1.75. The highest BCUT2D eigenvalue weighted by atomic mass is 35.5. The molecule has 0 aliphatic rings. The van der Waals surface area contributed by atoms with Crippen LogP contribution in [0.5, 0.6) is 0 Å². The molecule has 4 nitrogen and oxygen atoms in total. The van der Waals surface area contributed by atoms with Crippen molar-refractivity contribution in [2.75, 3.05) is 6.54 Å². The molecule has 0 saturated carbocycles. The summed E-state index contributed by atoms with van der Waals surface area (Å²) in [7, 11) is 0. The first-order valence-electron chi connectivity index (χ1n) is 7.63. The van der Waals surface area contributed by atoms with E-state index in [9.17, 15) is 5.11 Å². The Morgan fingerprint density at radius 2 is 1.88 bits per heavy atom. The third-order valence-electron chi connectivity index (χ3n) is 3.69. The van der Waals surface area contributed by atoms with Crippen LogP contribution >= 0.6 is 23.2 Å². The van der Waals surface area contributed by atoms with Crippen LogP contribution < -0.4 is 11.1 Å². The number of aryl methyl sites for hydroxylation is 1. The second kappa shape index (κ2) is 8.38. The van der Waals surface area contributed by atoms with E-state index in [2.05, 4.69) is 10.3 Å². The average molecular weight is 366 g/mol. The van der Waals surface area contributed by atoms with Crippen molar-refractivity contribution in [3.63, 3.8) is 0 Å². The monoisotopic (exact) mass is 365 g/mol. The van der Waals surface area contributed by atoms with E-state index in [0.717, 1.165) is 16.7 Å². The van der Waals surface area contributed by atoms with E-state index in [4.69, 9.17) is 28.9 Å². The molecule has 2 unspecified atom stereocenters. The van der Waals surface area contributed by atoms with Crippen molar-refractivity contribution in [3.8, 4) is 0 Å². The van der Waals surface area contributed by atoms with Gasteiger partial charge in [0, 0.05) is 10.0 Å². The maximum atomic E-state index is 10.2. The van der Waals surface area contributed by atoms with Gasteiger partial charge in [-0.3, -0.25) is 4.99 Å². The summed E-state index contributed by atoms with van der Waals surface area (Å²) >= 11 is 12.1. The predicted molar refractivity (Wildman–Crippen MR) is 101 cm³/mol. The number of aliphatic hydroxyl groups excluding tert-OH is 1. The van der Waals surface area contributed by atoms with Crippen LogP contribution in [0.25, 0.3) is 0 Å². The van der Waals surface area contributed by atoms with Crippen molar-refractivity contribution in [2.45, 2.75) is 26.0 Å².